The van der Waals surface area contributed by atoms with Gasteiger partial charge in [-0.3, -0.25) is 4.79 Å². The fourth-order valence-electron chi connectivity index (χ4n) is 3.99. The molecule has 0 atom stereocenters. The molecule has 1 amide bonds. The number of nitrogens with zero attached hydrogens (tertiary/aromatic N) is 3. The first kappa shape index (κ1) is 30.4. The van der Waals surface area contributed by atoms with Crippen molar-refractivity contribution in [3.05, 3.63) is 65.9 Å². The SMILES string of the molecule is CCCCN(CC(=O)Nc1cc(C(C)(C)C)nn1-c1ccc(OC)cc1)S(=O)(=O)c1ccc(C(C)(C)C)cc1. The van der Waals surface area contributed by atoms with E-state index < -0.39 is 15.9 Å². The van der Waals surface area contributed by atoms with Crippen LogP contribution < -0.4 is 10.1 Å². The van der Waals surface area contributed by atoms with E-state index in [-0.39, 0.29) is 28.8 Å². The lowest BCUT2D eigenvalue weighted by molar-refractivity contribution is -0.116. The summed E-state index contributed by atoms with van der Waals surface area (Å²) in [7, 11) is -2.27. The molecule has 1 heterocycles. The molecule has 3 rings (SSSR count). The van der Waals surface area contributed by atoms with E-state index in [1.54, 1.807) is 23.9 Å². The minimum atomic E-state index is -3.87. The summed E-state index contributed by atoms with van der Waals surface area (Å²) < 4.78 is 35.4. The second kappa shape index (κ2) is 11.9. The van der Waals surface area contributed by atoms with Gasteiger partial charge in [-0.2, -0.15) is 9.40 Å². The molecule has 0 bridgehead atoms. The largest absolute Gasteiger partial charge is 0.497 e. The number of hydrogen-bond acceptors (Lipinski definition) is 5. The van der Waals surface area contributed by atoms with Gasteiger partial charge in [0.15, 0.2) is 0 Å². The molecule has 0 aliphatic carbocycles. The van der Waals surface area contributed by atoms with E-state index in [9.17, 15) is 13.2 Å². The van der Waals surface area contributed by atoms with Crippen molar-refractivity contribution in [1.29, 1.82) is 0 Å². The fourth-order valence-corrected chi connectivity index (χ4v) is 5.43. The summed E-state index contributed by atoms with van der Waals surface area (Å²) in [4.78, 5) is 13.5. The molecule has 0 unspecified atom stereocenters. The molecule has 3 aromatic rings. The third-order valence-electron chi connectivity index (χ3n) is 6.50. The van der Waals surface area contributed by atoms with Crippen molar-refractivity contribution in [1.82, 2.24) is 14.1 Å². The molecule has 0 saturated carbocycles. The van der Waals surface area contributed by atoms with Crippen LogP contribution in [-0.2, 0) is 25.6 Å². The molecule has 0 aliphatic rings. The topological polar surface area (TPSA) is 93.5 Å². The Kier molecular flexibility index (Phi) is 9.28. The van der Waals surface area contributed by atoms with Crippen LogP contribution in [0.5, 0.6) is 5.75 Å². The quantitative estimate of drug-likeness (QED) is 0.337. The molecule has 0 aliphatic heterocycles. The average molecular weight is 555 g/mol. The number of sulfonamides is 1. The highest BCUT2D eigenvalue weighted by molar-refractivity contribution is 7.89. The van der Waals surface area contributed by atoms with Gasteiger partial charge in [-0.25, -0.2) is 13.1 Å². The number of ether oxygens (including phenoxy) is 1. The van der Waals surface area contributed by atoms with Crippen LogP contribution in [-0.4, -0.2) is 48.6 Å². The lowest BCUT2D eigenvalue weighted by atomic mass is 9.87. The number of carbonyl (C=O) groups is 1. The maximum Gasteiger partial charge on any atom is 0.243 e. The first-order valence-electron chi connectivity index (χ1n) is 13.3. The number of carbonyl (C=O) groups excluding carboxylic acids is 1. The number of anilines is 1. The number of amides is 1. The Morgan fingerprint density at radius 3 is 2.10 bits per heavy atom. The summed E-state index contributed by atoms with van der Waals surface area (Å²) in [6.45, 7) is 14.3. The molecule has 0 radical (unpaired) electrons. The first-order valence-corrected chi connectivity index (χ1v) is 14.8. The monoisotopic (exact) mass is 554 g/mol. The second-order valence-corrected chi connectivity index (χ2v) is 13.7. The van der Waals surface area contributed by atoms with E-state index in [0.717, 1.165) is 23.4 Å². The van der Waals surface area contributed by atoms with Gasteiger partial charge in [0.25, 0.3) is 0 Å². The van der Waals surface area contributed by atoms with Crippen LogP contribution >= 0.6 is 0 Å². The summed E-state index contributed by atoms with van der Waals surface area (Å²) in [6, 6.07) is 16.1. The number of unbranched alkanes of at least 4 members (excludes halogenated alkanes) is 1. The van der Waals surface area contributed by atoms with Crippen LogP contribution in [0.4, 0.5) is 5.82 Å². The molecular formula is C30H42N4O4S. The number of benzene rings is 2. The Balaban J connectivity index is 1.90. The summed E-state index contributed by atoms with van der Waals surface area (Å²) >= 11 is 0. The fraction of sp³-hybridized carbons (Fsp3) is 0.467. The van der Waals surface area contributed by atoms with Crippen LogP contribution in [0.25, 0.3) is 5.69 Å². The van der Waals surface area contributed by atoms with E-state index in [1.807, 2.05) is 70.2 Å². The van der Waals surface area contributed by atoms with Crippen LogP contribution in [0.3, 0.4) is 0 Å². The highest BCUT2D eigenvalue weighted by atomic mass is 32.2. The molecule has 0 spiro atoms. The van der Waals surface area contributed by atoms with Gasteiger partial charge in [-0.15, -0.1) is 0 Å². The molecule has 39 heavy (non-hydrogen) atoms. The van der Waals surface area contributed by atoms with E-state index in [2.05, 4.69) is 26.1 Å². The predicted octanol–water partition coefficient (Wildman–Crippen LogP) is 5.91. The smallest absolute Gasteiger partial charge is 0.243 e. The van der Waals surface area contributed by atoms with Crippen LogP contribution in [0.15, 0.2) is 59.5 Å². The number of methoxy groups -OCH3 is 1. The Labute approximate surface area is 233 Å². The number of hydrogen-bond donors (Lipinski definition) is 1. The van der Waals surface area contributed by atoms with Gasteiger partial charge in [0.1, 0.15) is 11.6 Å². The van der Waals surface area contributed by atoms with E-state index >= 15 is 0 Å². The maximum absolute atomic E-state index is 13.6. The van der Waals surface area contributed by atoms with Crippen molar-refractivity contribution in [3.63, 3.8) is 0 Å². The molecule has 0 fully saturated rings. The summed E-state index contributed by atoms with van der Waals surface area (Å²) in [5, 5.41) is 7.66. The van der Waals surface area contributed by atoms with Gasteiger partial charge in [0.2, 0.25) is 15.9 Å². The molecular weight excluding hydrogens is 512 g/mol. The van der Waals surface area contributed by atoms with Gasteiger partial charge in [-0.05, 0) is 53.8 Å². The molecule has 0 saturated heterocycles. The lowest BCUT2D eigenvalue weighted by Crippen LogP contribution is -2.39. The Bertz CT molecular complexity index is 1360. The van der Waals surface area contributed by atoms with Crippen LogP contribution in [0.2, 0.25) is 0 Å². The third-order valence-corrected chi connectivity index (χ3v) is 8.36. The Hall–Kier alpha value is -3.17. The summed E-state index contributed by atoms with van der Waals surface area (Å²) in [6.07, 6.45) is 1.44. The highest BCUT2D eigenvalue weighted by Gasteiger charge is 2.28. The number of aromatic nitrogens is 2. The van der Waals surface area contributed by atoms with Crippen molar-refractivity contribution < 1.29 is 17.9 Å². The van der Waals surface area contributed by atoms with Gasteiger partial charge >= 0.3 is 0 Å². The zero-order valence-corrected chi connectivity index (χ0v) is 25.2. The van der Waals surface area contributed by atoms with Gasteiger partial charge < -0.3 is 10.1 Å². The summed E-state index contributed by atoms with van der Waals surface area (Å²) in [5.41, 5.74) is 2.23. The van der Waals surface area contributed by atoms with Crippen LogP contribution in [0.1, 0.15) is 72.6 Å². The predicted molar refractivity (Wildman–Crippen MR) is 156 cm³/mol. The lowest BCUT2D eigenvalue weighted by Gasteiger charge is -2.23. The Morgan fingerprint density at radius 2 is 1.59 bits per heavy atom. The normalized spacial score (nSPS) is 12.5. The van der Waals surface area contributed by atoms with Gasteiger partial charge in [-0.1, -0.05) is 67.0 Å². The van der Waals surface area contributed by atoms with E-state index in [4.69, 9.17) is 9.84 Å². The minimum absolute atomic E-state index is 0.0944. The number of nitrogens with one attached hydrogen (secondary N) is 1. The molecule has 9 heteroatoms. The molecule has 2 aromatic carbocycles. The Morgan fingerprint density at radius 1 is 0.974 bits per heavy atom. The number of rotatable bonds is 10. The maximum atomic E-state index is 13.6. The first-order chi connectivity index (χ1) is 18.2. The van der Waals surface area contributed by atoms with Crippen LogP contribution in [0, 0.1) is 0 Å². The zero-order chi connectivity index (χ0) is 29.0. The van der Waals surface area contributed by atoms with E-state index in [0.29, 0.717) is 18.0 Å². The summed E-state index contributed by atoms with van der Waals surface area (Å²) in [5.74, 6) is 0.744. The molecule has 1 aromatic heterocycles. The van der Waals surface area contributed by atoms with Crippen molar-refractivity contribution in [2.75, 3.05) is 25.5 Å². The standard InChI is InChI=1S/C30H42N4O4S/c1-9-10-19-33(39(36,37)25-17-11-22(12-18-25)29(2,3)4)21-28(35)31-27-20-26(30(5,6)7)32-34(27)23-13-15-24(38-8)16-14-23/h11-18,20H,9-10,19,21H2,1-8H3,(H,31,35). The molecule has 8 nitrogen and oxygen atoms in total. The van der Waals surface area contributed by atoms with Crippen molar-refractivity contribution in [2.24, 2.45) is 0 Å². The van der Waals surface area contributed by atoms with Gasteiger partial charge in [0.05, 0.1) is 29.9 Å². The average Bonchev–Trinajstić information content (AvgIpc) is 3.30. The van der Waals surface area contributed by atoms with Gasteiger partial charge in [0, 0.05) is 18.0 Å². The molecule has 212 valence electrons. The van der Waals surface area contributed by atoms with Crippen molar-refractivity contribution in [3.8, 4) is 11.4 Å². The zero-order valence-electron chi connectivity index (χ0n) is 24.4. The van der Waals surface area contributed by atoms with Crippen molar-refractivity contribution in [2.45, 2.75) is 77.0 Å². The second-order valence-electron chi connectivity index (χ2n) is 11.8. The highest BCUT2D eigenvalue weighted by Crippen LogP contribution is 2.28. The third kappa shape index (κ3) is 7.48. The minimum Gasteiger partial charge on any atom is -0.497 e. The van der Waals surface area contributed by atoms with E-state index in [1.165, 1.54) is 4.31 Å². The molecule has 1 N–H and O–H groups in total. The van der Waals surface area contributed by atoms with Crippen molar-refractivity contribution >= 4 is 21.7 Å².